The summed E-state index contributed by atoms with van der Waals surface area (Å²) >= 11 is 12.4. The first-order valence-corrected chi connectivity index (χ1v) is 10.8. The lowest BCUT2D eigenvalue weighted by molar-refractivity contribution is -0.120. The Morgan fingerprint density at radius 3 is 2.30 bits per heavy atom. The minimum absolute atomic E-state index is 0.0744. The van der Waals surface area contributed by atoms with Gasteiger partial charge in [0.05, 0.1) is 5.69 Å². The molecule has 0 bridgehead atoms. The van der Waals surface area contributed by atoms with E-state index >= 15 is 0 Å². The van der Waals surface area contributed by atoms with Crippen LogP contribution in [0.4, 0.5) is 17.1 Å². The zero-order valence-electron chi connectivity index (χ0n) is 17.8. The fraction of sp³-hybridized carbons (Fsp3) is 0.0800. The van der Waals surface area contributed by atoms with Crippen LogP contribution in [0, 0.1) is 13.8 Å². The van der Waals surface area contributed by atoms with Gasteiger partial charge in [0.2, 0.25) is 0 Å². The van der Waals surface area contributed by atoms with Crippen LogP contribution in [0.2, 0.25) is 5.02 Å². The monoisotopic (exact) mass is 479 g/mol. The van der Waals surface area contributed by atoms with E-state index in [4.69, 9.17) is 23.2 Å². The standard InChI is InChI=1S/C25H19Cl2N3O3/c1-14-5-3-7-17(11-14)29-23(31)16-6-4-8-18(12-16)28-22-21(27)24(32)30(25(22)33)19-10-9-15(2)20(26)13-19/h3-13,28H,1-2H3,(H,29,31). The van der Waals surface area contributed by atoms with E-state index in [0.717, 1.165) is 16.0 Å². The van der Waals surface area contributed by atoms with Gasteiger partial charge in [-0.2, -0.15) is 0 Å². The van der Waals surface area contributed by atoms with Gasteiger partial charge in [-0.1, -0.05) is 47.5 Å². The molecule has 0 spiro atoms. The molecule has 33 heavy (non-hydrogen) atoms. The highest BCUT2D eigenvalue weighted by Gasteiger charge is 2.39. The van der Waals surface area contributed by atoms with Crippen molar-refractivity contribution in [2.75, 3.05) is 15.5 Å². The minimum atomic E-state index is -0.655. The maximum absolute atomic E-state index is 13.0. The summed E-state index contributed by atoms with van der Waals surface area (Å²) in [6.07, 6.45) is 0. The molecule has 166 valence electrons. The van der Waals surface area contributed by atoms with Gasteiger partial charge in [0.15, 0.2) is 0 Å². The van der Waals surface area contributed by atoms with Crippen molar-refractivity contribution in [3.63, 3.8) is 0 Å². The summed E-state index contributed by atoms with van der Waals surface area (Å²) in [5, 5.41) is 5.91. The summed E-state index contributed by atoms with van der Waals surface area (Å²) in [5.74, 6) is -1.58. The molecule has 1 aliphatic rings. The second kappa shape index (κ2) is 9.10. The zero-order valence-corrected chi connectivity index (χ0v) is 19.3. The van der Waals surface area contributed by atoms with Gasteiger partial charge in [-0.3, -0.25) is 14.4 Å². The van der Waals surface area contributed by atoms with Crippen LogP contribution in [-0.2, 0) is 9.59 Å². The van der Waals surface area contributed by atoms with Crippen molar-refractivity contribution in [2.24, 2.45) is 0 Å². The topological polar surface area (TPSA) is 78.5 Å². The van der Waals surface area contributed by atoms with E-state index in [9.17, 15) is 14.4 Å². The molecule has 3 aromatic carbocycles. The molecule has 0 aromatic heterocycles. The van der Waals surface area contributed by atoms with E-state index in [1.807, 2.05) is 32.0 Å². The van der Waals surface area contributed by atoms with Crippen molar-refractivity contribution in [1.29, 1.82) is 0 Å². The number of aryl methyl sites for hydroxylation is 2. The van der Waals surface area contributed by atoms with Crippen LogP contribution in [0.3, 0.4) is 0 Å². The molecular weight excluding hydrogens is 461 g/mol. The molecule has 8 heteroatoms. The molecule has 0 fully saturated rings. The summed E-state index contributed by atoms with van der Waals surface area (Å²) < 4.78 is 0. The third kappa shape index (κ3) is 4.62. The predicted molar refractivity (Wildman–Crippen MR) is 131 cm³/mol. The number of amides is 3. The summed E-state index contributed by atoms with van der Waals surface area (Å²) in [4.78, 5) is 39.3. The number of rotatable bonds is 5. The van der Waals surface area contributed by atoms with Gasteiger partial charge in [-0.25, -0.2) is 4.90 Å². The Bertz CT molecular complexity index is 1330. The number of nitrogens with zero attached hydrogens (tertiary/aromatic N) is 1. The second-order valence-electron chi connectivity index (χ2n) is 7.60. The minimum Gasteiger partial charge on any atom is -0.350 e. The molecule has 4 rings (SSSR count). The largest absolute Gasteiger partial charge is 0.350 e. The number of imide groups is 1. The van der Waals surface area contributed by atoms with Gasteiger partial charge < -0.3 is 10.6 Å². The van der Waals surface area contributed by atoms with E-state index in [0.29, 0.717) is 27.6 Å². The molecule has 2 N–H and O–H groups in total. The van der Waals surface area contributed by atoms with Crippen molar-refractivity contribution in [1.82, 2.24) is 0 Å². The lowest BCUT2D eigenvalue weighted by Crippen LogP contribution is -2.32. The van der Waals surface area contributed by atoms with Crippen molar-refractivity contribution >= 4 is 58.0 Å². The maximum Gasteiger partial charge on any atom is 0.283 e. The number of benzene rings is 3. The molecule has 0 saturated carbocycles. The van der Waals surface area contributed by atoms with Crippen molar-refractivity contribution in [3.05, 3.63) is 99.2 Å². The van der Waals surface area contributed by atoms with Crippen molar-refractivity contribution < 1.29 is 14.4 Å². The number of hydrogen-bond donors (Lipinski definition) is 2. The average Bonchev–Trinajstić information content (AvgIpc) is 2.99. The van der Waals surface area contributed by atoms with E-state index in [1.54, 1.807) is 42.5 Å². The Labute approximate surface area is 200 Å². The van der Waals surface area contributed by atoms with Crippen LogP contribution in [0.1, 0.15) is 21.5 Å². The number of hydrogen-bond acceptors (Lipinski definition) is 4. The number of nitrogens with one attached hydrogen (secondary N) is 2. The Morgan fingerprint density at radius 2 is 1.58 bits per heavy atom. The molecule has 3 amide bonds. The van der Waals surface area contributed by atoms with E-state index < -0.39 is 11.8 Å². The third-order valence-electron chi connectivity index (χ3n) is 5.11. The Kier molecular flexibility index (Phi) is 6.22. The van der Waals surface area contributed by atoms with Crippen LogP contribution in [0.15, 0.2) is 77.5 Å². The predicted octanol–water partition coefficient (Wildman–Crippen LogP) is 5.64. The quantitative estimate of drug-likeness (QED) is 0.463. The maximum atomic E-state index is 13.0. The lowest BCUT2D eigenvalue weighted by atomic mass is 10.1. The summed E-state index contributed by atoms with van der Waals surface area (Å²) in [7, 11) is 0. The Hall–Kier alpha value is -3.61. The van der Waals surface area contributed by atoms with Crippen LogP contribution in [0.25, 0.3) is 0 Å². The van der Waals surface area contributed by atoms with Crippen molar-refractivity contribution in [2.45, 2.75) is 13.8 Å². The van der Waals surface area contributed by atoms with E-state index in [1.165, 1.54) is 6.07 Å². The van der Waals surface area contributed by atoms with E-state index in [2.05, 4.69) is 10.6 Å². The summed E-state index contributed by atoms with van der Waals surface area (Å²) in [6, 6.07) is 18.9. The van der Waals surface area contributed by atoms with Gasteiger partial charge in [0.25, 0.3) is 17.7 Å². The van der Waals surface area contributed by atoms with Gasteiger partial charge in [-0.05, 0) is 67.4 Å². The smallest absolute Gasteiger partial charge is 0.283 e. The molecule has 0 atom stereocenters. The number of halogens is 2. The molecular formula is C25H19Cl2N3O3. The van der Waals surface area contributed by atoms with Gasteiger partial charge in [0, 0.05) is 22.0 Å². The van der Waals surface area contributed by atoms with Crippen LogP contribution in [0.5, 0.6) is 0 Å². The number of carbonyl (C=O) groups is 3. The molecule has 1 aliphatic heterocycles. The molecule has 0 saturated heterocycles. The highest BCUT2D eigenvalue weighted by atomic mass is 35.5. The molecule has 1 heterocycles. The first kappa shape index (κ1) is 22.6. The first-order chi connectivity index (χ1) is 15.7. The average molecular weight is 480 g/mol. The first-order valence-electron chi connectivity index (χ1n) is 10.0. The lowest BCUT2D eigenvalue weighted by Gasteiger charge is -2.16. The number of anilines is 3. The fourth-order valence-corrected chi connectivity index (χ4v) is 3.76. The second-order valence-corrected chi connectivity index (χ2v) is 8.38. The summed E-state index contributed by atoms with van der Waals surface area (Å²) in [5.41, 5.74) is 3.57. The van der Waals surface area contributed by atoms with Crippen molar-refractivity contribution in [3.8, 4) is 0 Å². The van der Waals surface area contributed by atoms with Gasteiger partial charge in [-0.15, -0.1) is 0 Å². The van der Waals surface area contributed by atoms with Crippen LogP contribution < -0.4 is 15.5 Å². The molecule has 0 radical (unpaired) electrons. The third-order valence-corrected chi connectivity index (χ3v) is 5.87. The normalized spacial score (nSPS) is 13.5. The molecule has 6 nitrogen and oxygen atoms in total. The van der Waals surface area contributed by atoms with E-state index in [-0.39, 0.29) is 16.6 Å². The van der Waals surface area contributed by atoms with Gasteiger partial charge >= 0.3 is 0 Å². The van der Waals surface area contributed by atoms with Crippen LogP contribution >= 0.6 is 23.2 Å². The highest BCUT2D eigenvalue weighted by Crippen LogP contribution is 2.32. The Balaban J connectivity index is 1.55. The fourth-order valence-electron chi connectivity index (χ4n) is 3.38. The zero-order chi connectivity index (χ0) is 23.7. The SMILES string of the molecule is Cc1cccc(NC(=O)c2cccc(NC3=C(Cl)C(=O)N(c4ccc(C)c(Cl)c4)C3=O)c2)c1. The van der Waals surface area contributed by atoms with Gasteiger partial charge in [0.1, 0.15) is 10.7 Å². The van der Waals surface area contributed by atoms with Crippen LogP contribution in [-0.4, -0.2) is 17.7 Å². The highest BCUT2D eigenvalue weighted by molar-refractivity contribution is 6.53. The molecule has 3 aromatic rings. The molecule has 0 unspecified atom stereocenters. The number of carbonyl (C=O) groups excluding carboxylic acids is 3. The Morgan fingerprint density at radius 1 is 0.848 bits per heavy atom. The molecule has 0 aliphatic carbocycles. The summed E-state index contributed by atoms with van der Waals surface area (Å²) in [6.45, 7) is 3.76.